The number of nitrogens with one attached hydrogen (secondary N) is 2. The highest BCUT2D eigenvalue weighted by Crippen LogP contribution is 2.07. The lowest BCUT2D eigenvalue weighted by Crippen LogP contribution is -2.35. The largest absolute Gasteiger partial charge is 0.329 e. The Morgan fingerprint density at radius 1 is 1.24 bits per heavy atom. The number of aromatic amines is 1. The molecule has 0 amide bonds. The van der Waals surface area contributed by atoms with Crippen molar-refractivity contribution in [1.29, 1.82) is 0 Å². The van der Waals surface area contributed by atoms with E-state index < -0.39 is 0 Å². The van der Waals surface area contributed by atoms with Crippen molar-refractivity contribution in [1.82, 2.24) is 15.2 Å². The van der Waals surface area contributed by atoms with Crippen molar-refractivity contribution in [2.45, 2.75) is 25.8 Å². The Morgan fingerprint density at radius 2 is 2.06 bits per heavy atom. The van der Waals surface area contributed by atoms with Crippen LogP contribution in [0.25, 0.3) is 0 Å². The van der Waals surface area contributed by atoms with Crippen molar-refractivity contribution >= 4 is 0 Å². The Balaban J connectivity index is 1.62. The maximum absolute atomic E-state index is 10.9. The Bertz CT molecular complexity index is 362. The van der Waals surface area contributed by atoms with Crippen molar-refractivity contribution in [3.8, 4) is 0 Å². The highest BCUT2D eigenvalue weighted by Gasteiger charge is 2.08. The number of hydrogen-bond donors (Lipinski definition) is 2. The van der Waals surface area contributed by atoms with Gasteiger partial charge in [-0.1, -0.05) is 12.5 Å². The first kappa shape index (κ1) is 12.3. The molecule has 17 heavy (non-hydrogen) atoms. The summed E-state index contributed by atoms with van der Waals surface area (Å²) in [5, 5.41) is 3.40. The van der Waals surface area contributed by atoms with Gasteiger partial charge in [-0.3, -0.25) is 4.79 Å². The van der Waals surface area contributed by atoms with Gasteiger partial charge in [0.05, 0.1) is 0 Å². The summed E-state index contributed by atoms with van der Waals surface area (Å²) in [5.74, 6) is 0. The van der Waals surface area contributed by atoms with Gasteiger partial charge in [0.25, 0.3) is 0 Å². The number of hydrogen-bond acceptors (Lipinski definition) is 3. The van der Waals surface area contributed by atoms with E-state index in [9.17, 15) is 4.79 Å². The molecule has 1 aliphatic rings. The zero-order chi connectivity index (χ0) is 11.9. The summed E-state index contributed by atoms with van der Waals surface area (Å²) in [6, 6.07) is 3.44. The minimum atomic E-state index is -0.0398. The van der Waals surface area contributed by atoms with Crippen LogP contribution in [0.1, 0.15) is 24.8 Å². The van der Waals surface area contributed by atoms with Gasteiger partial charge in [-0.05, 0) is 31.5 Å². The predicted molar refractivity (Wildman–Crippen MR) is 69.1 cm³/mol. The smallest absolute Gasteiger partial charge is 0.247 e. The van der Waals surface area contributed by atoms with Gasteiger partial charge in [0.15, 0.2) is 0 Å². The maximum Gasteiger partial charge on any atom is 0.247 e. The molecule has 0 radical (unpaired) electrons. The zero-order valence-electron chi connectivity index (χ0n) is 10.2. The van der Waals surface area contributed by atoms with Crippen LogP contribution in [0, 0.1) is 0 Å². The fourth-order valence-electron chi connectivity index (χ4n) is 2.21. The molecule has 2 rings (SSSR count). The lowest BCUT2D eigenvalue weighted by molar-refractivity contribution is 0.229. The summed E-state index contributed by atoms with van der Waals surface area (Å²) in [4.78, 5) is 16.1. The third-order valence-corrected chi connectivity index (χ3v) is 3.23. The monoisotopic (exact) mass is 235 g/mol. The van der Waals surface area contributed by atoms with E-state index in [4.69, 9.17) is 0 Å². The van der Waals surface area contributed by atoms with Gasteiger partial charge < -0.3 is 15.2 Å². The van der Waals surface area contributed by atoms with Gasteiger partial charge in [0.1, 0.15) is 0 Å². The van der Waals surface area contributed by atoms with Crippen LogP contribution < -0.4 is 10.9 Å². The number of rotatable bonds is 5. The Kier molecular flexibility index (Phi) is 4.76. The van der Waals surface area contributed by atoms with Crippen molar-refractivity contribution in [2.24, 2.45) is 0 Å². The summed E-state index contributed by atoms with van der Waals surface area (Å²) >= 11 is 0. The molecule has 0 saturated carbocycles. The number of H-pyrrole nitrogens is 1. The van der Waals surface area contributed by atoms with Crippen LogP contribution >= 0.6 is 0 Å². The van der Waals surface area contributed by atoms with Crippen molar-refractivity contribution in [3.63, 3.8) is 0 Å². The van der Waals surface area contributed by atoms with Gasteiger partial charge >= 0.3 is 0 Å². The van der Waals surface area contributed by atoms with Crippen molar-refractivity contribution in [3.05, 3.63) is 34.2 Å². The van der Waals surface area contributed by atoms with Crippen LogP contribution in [0.5, 0.6) is 0 Å². The average Bonchev–Trinajstić information content (AvgIpc) is 2.38. The van der Waals surface area contributed by atoms with Crippen LogP contribution in [0.15, 0.2) is 23.1 Å². The number of nitrogens with zero attached hydrogens (tertiary/aromatic N) is 1. The number of pyridine rings is 1. The van der Waals surface area contributed by atoms with E-state index in [2.05, 4.69) is 15.2 Å². The van der Waals surface area contributed by atoms with Gasteiger partial charge in [0.2, 0.25) is 5.56 Å². The SMILES string of the molecule is O=c1ccc(CNCCN2CCCCC2)c[nH]1. The van der Waals surface area contributed by atoms with E-state index in [0.717, 1.165) is 25.2 Å². The van der Waals surface area contributed by atoms with E-state index in [-0.39, 0.29) is 5.56 Å². The predicted octanol–water partition coefficient (Wildman–Crippen LogP) is 0.950. The van der Waals surface area contributed by atoms with Gasteiger partial charge in [-0.25, -0.2) is 0 Å². The molecular weight excluding hydrogens is 214 g/mol. The summed E-state index contributed by atoms with van der Waals surface area (Å²) in [7, 11) is 0. The minimum Gasteiger partial charge on any atom is -0.329 e. The molecule has 0 spiro atoms. The first-order valence-electron chi connectivity index (χ1n) is 6.45. The molecule has 1 aliphatic heterocycles. The second-order valence-electron chi connectivity index (χ2n) is 4.64. The molecule has 4 nitrogen and oxygen atoms in total. The second kappa shape index (κ2) is 6.57. The third kappa shape index (κ3) is 4.32. The molecule has 0 bridgehead atoms. The van der Waals surface area contributed by atoms with Crippen molar-refractivity contribution in [2.75, 3.05) is 26.2 Å². The molecule has 0 aliphatic carbocycles. The Hall–Kier alpha value is -1.13. The van der Waals surface area contributed by atoms with Crippen LogP contribution in [0.3, 0.4) is 0 Å². The third-order valence-electron chi connectivity index (χ3n) is 3.23. The molecule has 0 atom stereocenters. The van der Waals surface area contributed by atoms with E-state index in [0.29, 0.717) is 0 Å². The quantitative estimate of drug-likeness (QED) is 0.747. The molecule has 2 heterocycles. The molecule has 0 unspecified atom stereocenters. The lowest BCUT2D eigenvalue weighted by atomic mass is 10.1. The van der Waals surface area contributed by atoms with Gasteiger partial charge in [0, 0.05) is 31.9 Å². The van der Waals surface area contributed by atoms with E-state index >= 15 is 0 Å². The zero-order valence-corrected chi connectivity index (χ0v) is 10.2. The number of piperidine rings is 1. The van der Waals surface area contributed by atoms with Crippen LogP contribution in [-0.2, 0) is 6.54 Å². The van der Waals surface area contributed by atoms with E-state index in [1.165, 1.54) is 32.4 Å². The average molecular weight is 235 g/mol. The summed E-state index contributed by atoms with van der Waals surface area (Å²) in [6.07, 6.45) is 5.86. The van der Waals surface area contributed by atoms with Crippen LogP contribution in [-0.4, -0.2) is 36.1 Å². The number of aromatic nitrogens is 1. The summed E-state index contributed by atoms with van der Waals surface area (Å²) < 4.78 is 0. The second-order valence-corrected chi connectivity index (χ2v) is 4.64. The van der Waals surface area contributed by atoms with Crippen LogP contribution in [0.4, 0.5) is 0 Å². The molecule has 4 heteroatoms. The topological polar surface area (TPSA) is 48.1 Å². The van der Waals surface area contributed by atoms with Crippen LogP contribution in [0.2, 0.25) is 0 Å². The molecule has 1 aromatic rings. The van der Waals surface area contributed by atoms with E-state index in [1.54, 1.807) is 12.3 Å². The Morgan fingerprint density at radius 3 is 2.76 bits per heavy atom. The van der Waals surface area contributed by atoms with Crippen molar-refractivity contribution < 1.29 is 0 Å². The normalized spacial score (nSPS) is 17.2. The standard InChI is InChI=1S/C13H21N3O/c17-13-5-4-12(11-15-13)10-14-6-9-16-7-2-1-3-8-16/h4-5,11,14H,1-3,6-10H2,(H,15,17). The van der Waals surface area contributed by atoms with Gasteiger partial charge in [-0.15, -0.1) is 0 Å². The fourth-order valence-corrected chi connectivity index (χ4v) is 2.21. The fraction of sp³-hybridized carbons (Fsp3) is 0.615. The highest BCUT2D eigenvalue weighted by molar-refractivity contribution is 5.07. The summed E-state index contributed by atoms with van der Waals surface area (Å²) in [5.41, 5.74) is 1.09. The highest BCUT2D eigenvalue weighted by atomic mass is 16.1. The first-order valence-corrected chi connectivity index (χ1v) is 6.45. The minimum absolute atomic E-state index is 0.0398. The molecule has 1 aromatic heterocycles. The number of likely N-dealkylation sites (tertiary alicyclic amines) is 1. The van der Waals surface area contributed by atoms with E-state index in [1.807, 2.05) is 6.07 Å². The molecule has 1 fully saturated rings. The Labute approximate surface area is 102 Å². The first-order chi connectivity index (χ1) is 8.34. The van der Waals surface area contributed by atoms with Gasteiger partial charge in [-0.2, -0.15) is 0 Å². The molecule has 2 N–H and O–H groups in total. The molecule has 0 aromatic carbocycles. The molecular formula is C13H21N3O. The maximum atomic E-state index is 10.9. The lowest BCUT2D eigenvalue weighted by Gasteiger charge is -2.26. The summed E-state index contributed by atoms with van der Waals surface area (Å²) in [6.45, 7) is 5.47. The molecule has 1 saturated heterocycles. The molecule has 94 valence electrons.